The molecular weight excluding hydrogens is 234 g/mol. The molecule has 0 saturated carbocycles. The van der Waals surface area contributed by atoms with Gasteiger partial charge in [0.15, 0.2) is 0 Å². The highest BCUT2D eigenvalue weighted by Crippen LogP contribution is 2.22. The molecule has 19 heavy (non-hydrogen) atoms. The number of benzene rings is 2. The summed E-state index contributed by atoms with van der Waals surface area (Å²) in [5, 5.41) is 4.64. The van der Waals surface area contributed by atoms with E-state index in [0.717, 1.165) is 17.8 Å². The Kier molecular flexibility index (Phi) is 3.00. The maximum atomic E-state index is 5.54. The van der Waals surface area contributed by atoms with Crippen LogP contribution in [0.2, 0.25) is 0 Å². The van der Waals surface area contributed by atoms with E-state index in [-0.39, 0.29) is 0 Å². The molecule has 0 fully saturated rings. The fraction of sp³-hybridized carbons (Fsp3) is 0.176. The molecule has 0 bridgehead atoms. The summed E-state index contributed by atoms with van der Waals surface area (Å²) >= 11 is 0. The van der Waals surface area contributed by atoms with E-state index >= 15 is 0 Å². The fourth-order valence-corrected chi connectivity index (χ4v) is 2.44. The Balaban J connectivity index is 1.82. The van der Waals surface area contributed by atoms with E-state index in [1.165, 1.54) is 22.1 Å². The molecule has 1 heterocycles. The smallest absolute Gasteiger partial charge is 0.134 e. The quantitative estimate of drug-likeness (QED) is 0.732. The number of furan rings is 1. The monoisotopic (exact) mass is 251 g/mol. The third kappa shape index (κ3) is 2.48. The zero-order valence-corrected chi connectivity index (χ0v) is 11.2. The van der Waals surface area contributed by atoms with E-state index < -0.39 is 0 Å². The summed E-state index contributed by atoms with van der Waals surface area (Å²) in [6.07, 6.45) is 1.83. The number of aryl methyl sites for hydroxylation is 2. The molecule has 0 aliphatic heterocycles. The minimum atomic E-state index is 0.778. The lowest BCUT2D eigenvalue weighted by Crippen LogP contribution is -1.99. The van der Waals surface area contributed by atoms with Gasteiger partial charge in [0.25, 0.3) is 0 Å². The van der Waals surface area contributed by atoms with Crippen LogP contribution in [0.1, 0.15) is 16.7 Å². The molecule has 2 heteroatoms. The van der Waals surface area contributed by atoms with Crippen molar-refractivity contribution >= 4 is 16.7 Å². The topological polar surface area (TPSA) is 25.2 Å². The lowest BCUT2D eigenvalue weighted by atomic mass is 10.1. The van der Waals surface area contributed by atoms with Crippen molar-refractivity contribution in [3.05, 3.63) is 65.4 Å². The summed E-state index contributed by atoms with van der Waals surface area (Å²) in [5.74, 6) is 0. The van der Waals surface area contributed by atoms with Gasteiger partial charge in [0.05, 0.1) is 6.26 Å². The summed E-state index contributed by atoms with van der Waals surface area (Å²) < 4.78 is 5.54. The third-order valence-corrected chi connectivity index (χ3v) is 3.27. The fourth-order valence-electron chi connectivity index (χ4n) is 2.44. The van der Waals surface area contributed by atoms with Gasteiger partial charge in [-0.15, -0.1) is 0 Å². The Morgan fingerprint density at radius 1 is 1.00 bits per heavy atom. The molecule has 0 aliphatic carbocycles. The van der Waals surface area contributed by atoms with E-state index in [0.29, 0.717) is 0 Å². The molecular formula is C17H17NO. The highest BCUT2D eigenvalue weighted by molar-refractivity contribution is 5.81. The van der Waals surface area contributed by atoms with Crippen LogP contribution in [0.3, 0.4) is 0 Å². The van der Waals surface area contributed by atoms with Crippen LogP contribution in [0.5, 0.6) is 0 Å². The van der Waals surface area contributed by atoms with Gasteiger partial charge in [-0.05, 0) is 43.2 Å². The van der Waals surface area contributed by atoms with Gasteiger partial charge < -0.3 is 9.73 Å². The normalized spacial score (nSPS) is 10.8. The number of anilines is 1. The largest absolute Gasteiger partial charge is 0.464 e. The average Bonchev–Trinajstić information content (AvgIpc) is 2.78. The summed E-state index contributed by atoms with van der Waals surface area (Å²) in [5.41, 5.74) is 5.84. The van der Waals surface area contributed by atoms with Crippen LogP contribution in [0.25, 0.3) is 11.0 Å². The first-order valence-electron chi connectivity index (χ1n) is 6.50. The van der Waals surface area contributed by atoms with Gasteiger partial charge in [-0.2, -0.15) is 0 Å². The summed E-state index contributed by atoms with van der Waals surface area (Å²) in [6, 6.07) is 14.6. The molecule has 0 radical (unpaired) electrons. The Bertz CT molecular complexity index is 692. The molecule has 1 aromatic heterocycles. The van der Waals surface area contributed by atoms with E-state index in [4.69, 9.17) is 4.42 Å². The number of fused-ring (bicyclic) bond motifs is 1. The molecule has 0 spiro atoms. The number of rotatable bonds is 3. The molecule has 0 atom stereocenters. The second kappa shape index (κ2) is 4.81. The van der Waals surface area contributed by atoms with E-state index in [1.54, 1.807) is 0 Å². The molecule has 3 rings (SSSR count). The maximum absolute atomic E-state index is 5.54. The van der Waals surface area contributed by atoms with Crippen LogP contribution in [0.15, 0.2) is 53.1 Å². The first-order valence-corrected chi connectivity index (χ1v) is 6.50. The second-order valence-electron chi connectivity index (χ2n) is 4.99. The van der Waals surface area contributed by atoms with E-state index in [2.05, 4.69) is 43.4 Å². The van der Waals surface area contributed by atoms with E-state index in [1.807, 2.05) is 24.5 Å². The van der Waals surface area contributed by atoms with Crippen LogP contribution in [0, 0.1) is 13.8 Å². The Morgan fingerprint density at radius 3 is 2.53 bits per heavy atom. The van der Waals surface area contributed by atoms with Crippen LogP contribution in [0.4, 0.5) is 5.69 Å². The number of para-hydroxylation sites is 1. The zero-order chi connectivity index (χ0) is 13.2. The van der Waals surface area contributed by atoms with Gasteiger partial charge >= 0.3 is 0 Å². The number of nitrogens with one attached hydrogen (secondary N) is 1. The first kappa shape index (κ1) is 11.8. The minimum Gasteiger partial charge on any atom is -0.464 e. The van der Waals surface area contributed by atoms with Gasteiger partial charge in [0.2, 0.25) is 0 Å². The van der Waals surface area contributed by atoms with Crippen molar-refractivity contribution in [1.29, 1.82) is 0 Å². The Hall–Kier alpha value is -2.22. The first-order chi connectivity index (χ1) is 9.22. The van der Waals surface area contributed by atoms with Gasteiger partial charge in [0.1, 0.15) is 5.58 Å². The summed E-state index contributed by atoms with van der Waals surface area (Å²) in [4.78, 5) is 0. The van der Waals surface area contributed by atoms with Crippen molar-refractivity contribution in [2.24, 2.45) is 0 Å². The number of hydrogen-bond acceptors (Lipinski definition) is 2. The average molecular weight is 251 g/mol. The van der Waals surface area contributed by atoms with Crippen molar-refractivity contribution in [1.82, 2.24) is 0 Å². The molecule has 0 aliphatic rings. The van der Waals surface area contributed by atoms with Crippen molar-refractivity contribution < 1.29 is 4.42 Å². The Morgan fingerprint density at radius 2 is 1.74 bits per heavy atom. The molecule has 2 aromatic carbocycles. The highest BCUT2D eigenvalue weighted by atomic mass is 16.3. The van der Waals surface area contributed by atoms with E-state index in [9.17, 15) is 0 Å². The molecule has 0 unspecified atom stereocenters. The van der Waals surface area contributed by atoms with Crippen molar-refractivity contribution in [3.8, 4) is 0 Å². The predicted octanol–water partition coefficient (Wildman–Crippen LogP) is 4.66. The van der Waals surface area contributed by atoms with Gasteiger partial charge in [-0.1, -0.05) is 24.3 Å². The summed E-state index contributed by atoms with van der Waals surface area (Å²) in [7, 11) is 0. The molecule has 3 aromatic rings. The lowest BCUT2D eigenvalue weighted by molar-refractivity contribution is 0.611. The van der Waals surface area contributed by atoms with Crippen molar-refractivity contribution in [3.63, 3.8) is 0 Å². The second-order valence-corrected chi connectivity index (χ2v) is 4.99. The maximum Gasteiger partial charge on any atom is 0.134 e. The minimum absolute atomic E-state index is 0.778. The van der Waals surface area contributed by atoms with Crippen LogP contribution < -0.4 is 5.32 Å². The molecule has 0 amide bonds. The highest BCUT2D eigenvalue weighted by Gasteiger charge is 2.04. The van der Waals surface area contributed by atoms with Crippen molar-refractivity contribution in [2.45, 2.75) is 20.4 Å². The third-order valence-electron chi connectivity index (χ3n) is 3.27. The summed E-state index contributed by atoms with van der Waals surface area (Å²) in [6.45, 7) is 5.01. The van der Waals surface area contributed by atoms with Gasteiger partial charge in [-0.25, -0.2) is 0 Å². The Labute approximate surface area is 113 Å². The van der Waals surface area contributed by atoms with Crippen LogP contribution in [-0.4, -0.2) is 0 Å². The van der Waals surface area contributed by atoms with Crippen LogP contribution >= 0.6 is 0 Å². The SMILES string of the molecule is Cc1cc(C)cc(NCc2coc3ccccc23)c1. The molecule has 1 N–H and O–H groups in total. The standard InChI is InChI=1S/C17H17NO/c1-12-7-13(2)9-15(8-12)18-10-14-11-19-17-6-4-3-5-16(14)17/h3-9,11,18H,10H2,1-2H3. The number of hydrogen-bond donors (Lipinski definition) is 1. The van der Waals surface area contributed by atoms with Crippen LogP contribution in [-0.2, 0) is 6.54 Å². The van der Waals surface area contributed by atoms with Crippen molar-refractivity contribution in [2.75, 3.05) is 5.32 Å². The molecule has 2 nitrogen and oxygen atoms in total. The predicted molar refractivity (Wildman–Crippen MR) is 79.5 cm³/mol. The molecule has 0 saturated heterocycles. The van der Waals surface area contributed by atoms with Gasteiger partial charge in [-0.3, -0.25) is 0 Å². The van der Waals surface area contributed by atoms with Gasteiger partial charge in [0, 0.05) is 23.2 Å². The zero-order valence-electron chi connectivity index (χ0n) is 11.2. The molecule has 96 valence electrons. The lowest BCUT2D eigenvalue weighted by Gasteiger charge is -2.07.